The molecule has 0 aliphatic carbocycles. The summed E-state index contributed by atoms with van der Waals surface area (Å²) in [6.45, 7) is 6.25. The molecule has 0 unspecified atom stereocenters. The van der Waals surface area contributed by atoms with Crippen molar-refractivity contribution in [3.63, 3.8) is 0 Å². The predicted molar refractivity (Wildman–Crippen MR) is 101 cm³/mol. The van der Waals surface area contributed by atoms with Gasteiger partial charge in [0.2, 0.25) is 0 Å². The van der Waals surface area contributed by atoms with Crippen molar-refractivity contribution < 1.29 is 19.1 Å². The van der Waals surface area contributed by atoms with E-state index in [4.69, 9.17) is 9.47 Å². The lowest BCUT2D eigenvalue weighted by Gasteiger charge is -2.10. The molecule has 0 fully saturated rings. The summed E-state index contributed by atoms with van der Waals surface area (Å²) in [5, 5.41) is 5.40. The van der Waals surface area contributed by atoms with Crippen LogP contribution in [0.1, 0.15) is 18.1 Å². The normalized spacial score (nSPS) is 10.1. The third-order valence-electron chi connectivity index (χ3n) is 3.71. The zero-order chi connectivity index (χ0) is 18.9. The molecule has 0 aromatic heterocycles. The summed E-state index contributed by atoms with van der Waals surface area (Å²) < 4.78 is 10.9. The van der Waals surface area contributed by atoms with Crippen molar-refractivity contribution in [2.75, 3.05) is 25.1 Å². The number of hydrogen-bond donors (Lipinski definition) is 2. The van der Waals surface area contributed by atoms with Crippen molar-refractivity contribution in [1.82, 2.24) is 5.32 Å². The van der Waals surface area contributed by atoms with E-state index in [0.717, 1.165) is 5.56 Å². The number of nitrogens with one attached hydrogen (secondary N) is 2. The highest BCUT2D eigenvalue weighted by atomic mass is 16.5. The summed E-state index contributed by atoms with van der Waals surface area (Å²) in [4.78, 5) is 23.5. The highest BCUT2D eigenvalue weighted by molar-refractivity contribution is 5.92. The molecule has 0 heterocycles. The zero-order valence-corrected chi connectivity index (χ0v) is 15.3. The Bertz CT molecular complexity index is 774. The highest BCUT2D eigenvalue weighted by Gasteiger charge is 2.06. The van der Waals surface area contributed by atoms with Crippen LogP contribution in [0.3, 0.4) is 0 Å². The summed E-state index contributed by atoms with van der Waals surface area (Å²) in [5.41, 5.74) is 2.86. The number of anilines is 1. The van der Waals surface area contributed by atoms with Gasteiger partial charge >= 0.3 is 0 Å². The molecule has 2 aromatic rings. The van der Waals surface area contributed by atoms with Crippen LogP contribution < -0.4 is 20.1 Å². The van der Waals surface area contributed by atoms with Gasteiger partial charge in [0.25, 0.3) is 11.8 Å². The average molecular weight is 356 g/mol. The second-order valence-corrected chi connectivity index (χ2v) is 5.85. The number of amides is 2. The highest BCUT2D eigenvalue weighted by Crippen LogP contribution is 2.18. The molecule has 0 saturated heterocycles. The number of rotatable bonds is 8. The van der Waals surface area contributed by atoms with E-state index in [1.54, 1.807) is 24.3 Å². The van der Waals surface area contributed by atoms with Crippen LogP contribution in [0.4, 0.5) is 5.69 Å². The number of aryl methyl sites for hydroxylation is 2. The Morgan fingerprint density at radius 3 is 2.27 bits per heavy atom. The predicted octanol–water partition coefficient (Wildman–Crippen LogP) is 2.84. The lowest BCUT2D eigenvalue weighted by molar-refractivity contribution is -0.123. The van der Waals surface area contributed by atoms with Crippen LogP contribution in [0, 0.1) is 13.8 Å². The van der Waals surface area contributed by atoms with Gasteiger partial charge in [-0.1, -0.05) is 12.1 Å². The fourth-order valence-electron chi connectivity index (χ4n) is 2.21. The molecule has 0 radical (unpaired) electrons. The van der Waals surface area contributed by atoms with Gasteiger partial charge in [0.15, 0.2) is 13.2 Å². The Hall–Kier alpha value is -3.02. The maximum Gasteiger partial charge on any atom is 0.262 e. The van der Waals surface area contributed by atoms with E-state index in [9.17, 15) is 9.59 Å². The van der Waals surface area contributed by atoms with Crippen LogP contribution in [0.25, 0.3) is 0 Å². The molecule has 2 aromatic carbocycles. The number of hydrogen-bond acceptors (Lipinski definition) is 4. The number of benzene rings is 2. The monoisotopic (exact) mass is 356 g/mol. The van der Waals surface area contributed by atoms with Gasteiger partial charge in [-0.3, -0.25) is 9.59 Å². The quantitative estimate of drug-likeness (QED) is 0.762. The van der Waals surface area contributed by atoms with Crippen LogP contribution >= 0.6 is 0 Å². The van der Waals surface area contributed by atoms with E-state index in [1.807, 2.05) is 39.0 Å². The number of carbonyl (C=O) groups excluding carboxylic acids is 2. The van der Waals surface area contributed by atoms with E-state index in [-0.39, 0.29) is 25.0 Å². The molecule has 0 aliphatic rings. The standard InChI is InChI=1S/C20H24N2O4/c1-4-21-19(23)12-25-17-7-5-6-16(11-17)22-20(24)13-26-18-9-8-14(2)15(3)10-18/h5-11H,4,12-13H2,1-3H3,(H,21,23)(H,22,24). The Labute approximate surface area is 153 Å². The Balaban J connectivity index is 1.85. The number of likely N-dealkylation sites (N-methyl/N-ethyl adjacent to an activating group) is 1. The van der Waals surface area contributed by atoms with Crippen molar-refractivity contribution in [2.45, 2.75) is 20.8 Å². The second kappa shape index (κ2) is 9.46. The van der Waals surface area contributed by atoms with Crippen LogP contribution in [-0.4, -0.2) is 31.6 Å². The molecule has 2 amide bonds. The summed E-state index contributed by atoms with van der Waals surface area (Å²) in [6.07, 6.45) is 0. The van der Waals surface area contributed by atoms with Crippen molar-refractivity contribution >= 4 is 17.5 Å². The van der Waals surface area contributed by atoms with E-state index >= 15 is 0 Å². The van der Waals surface area contributed by atoms with Gasteiger partial charge in [-0.2, -0.15) is 0 Å². The third-order valence-corrected chi connectivity index (χ3v) is 3.71. The first-order valence-corrected chi connectivity index (χ1v) is 8.47. The lowest BCUT2D eigenvalue weighted by Crippen LogP contribution is -2.28. The SMILES string of the molecule is CCNC(=O)COc1cccc(NC(=O)COc2ccc(C)c(C)c2)c1. The van der Waals surface area contributed by atoms with Crippen molar-refractivity contribution in [3.05, 3.63) is 53.6 Å². The number of ether oxygens (including phenoxy) is 2. The van der Waals surface area contributed by atoms with Gasteiger partial charge in [-0.15, -0.1) is 0 Å². The first-order chi connectivity index (χ1) is 12.5. The van der Waals surface area contributed by atoms with Crippen LogP contribution in [0.15, 0.2) is 42.5 Å². The molecular weight excluding hydrogens is 332 g/mol. The van der Waals surface area contributed by atoms with Crippen LogP contribution in [-0.2, 0) is 9.59 Å². The largest absolute Gasteiger partial charge is 0.484 e. The molecule has 0 saturated carbocycles. The minimum atomic E-state index is -0.274. The lowest BCUT2D eigenvalue weighted by atomic mass is 10.1. The Morgan fingerprint density at radius 1 is 0.885 bits per heavy atom. The molecular formula is C20H24N2O4. The molecule has 6 nitrogen and oxygen atoms in total. The van der Waals surface area contributed by atoms with E-state index < -0.39 is 0 Å². The van der Waals surface area contributed by atoms with Gasteiger partial charge < -0.3 is 20.1 Å². The molecule has 138 valence electrons. The first-order valence-electron chi connectivity index (χ1n) is 8.47. The molecule has 0 bridgehead atoms. The van der Waals surface area contributed by atoms with Gasteiger partial charge in [-0.25, -0.2) is 0 Å². The third kappa shape index (κ3) is 6.12. The summed E-state index contributed by atoms with van der Waals surface area (Å²) in [6, 6.07) is 12.6. The van der Waals surface area contributed by atoms with Gasteiger partial charge in [0.1, 0.15) is 11.5 Å². The zero-order valence-electron chi connectivity index (χ0n) is 15.3. The van der Waals surface area contributed by atoms with Crippen molar-refractivity contribution in [1.29, 1.82) is 0 Å². The van der Waals surface area contributed by atoms with Crippen LogP contribution in [0.5, 0.6) is 11.5 Å². The maximum atomic E-state index is 12.1. The Kier molecular flexibility index (Phi) is 7.02. The Morgan fingerprint density at radius 2 is 1.58 bits per heavy atom. The van der Waals surface area contributed by atoms with Crippen LogP contribution in [0.2, 0.25) is 0 Å². The minimum absolute atomic E-state index is 0.0683. The van der Waals surface area contributed by atoms with Gasteiger partial charge in [-0.05, 0) is 56.2 Å². The number of carbonyl (C=O) groups is 2. The first kappa shape index (κ1) is 19.3. The topological polar surface area (TPSA) is 76.7 Å². The van der Waals surface area contributed by atoms with E-state index in [1.165, 1.54) is 5.56 Å². The molecule has 26 heavy (non-hydrogen) atoms. The molecule has 2 N–H and O–H groups in total. The van der Waals surface area contributed by atoms with Gasteiger partial charge in [0, 0.05) is 18.3 Å². The fraction of sp³-hybridized carbons (Fsp3) is 0.300. The molecule has 0 spiro atoms. The molecule has 0 aliphatic heterocycles. The molecule has 6 heteroatoms. The molecule has 0 atom stereocenters. The van der Waals surface area contributed by atoms with Gasteiger partial charge in [0.05, 0.1) is 0 Å². The summed E-state index contributed by atoms with van der Waals surface area (Å²) in [7, 11) is 0. The van der Waals surface area contributed by atoms with E-state index in [0.29, 0.717) is 23.7 Å². The minimum Gasteiger partial charge on any atom is -0.484 e. The fourth-order valence-corrected chi connectivity index (χ4v) is 2.21. The van der Waals surface area contributed by atoms with E-state index in [2.05, 4.69) is 10.6 Å². The summed E-state index contributed by atoms with van der Waals surface area (Å²) in [5.74, 6) is 0.694. The average Bonchev–Trinajstić information content (AvgIpc) is 2.61. The maximum absolute atomic E-state index is 12.1. The van der Waals surface area contributed by atoms with Crippen molar-refractivity contribution in [3.8, 4) is 11.5 Å². The summed E-state index contributed by atoms with van der Waals surface area (Å²) >= 11 is 0. The second-order valence-electron chi connectivity index (χ2n) is 5.85. The smallest absolute Gasteiger partial charge is 0.262 e. The van der Waals surface area contributed by atoms with Crippen molar-refractivity contribution in [2.24, 2.45) is 0 Å². The molecule has 2 rings (SSSR count).